The van der Waals surface area contributed by atoms with Crippen molar-refractivity contribution in [3.63, 3.8) is 0 Å². The molecule has 0 fully saturated rings. The summed E-state index contributed by atoms with van der Waals surface area (Å²) >= 11 is 0. The second-order valence-corrected chi connectivity index (χ2v) is 4.42. The lowest BCUT2D eigenvalue weighted by atomic mass is 10.1. The Hall–Kier alpha value is -2.31. The number of imidazole rings is 1. The van der Waals surface area contributed by atoms with Crippen molar-refractivity contribution in [1.29, 1.82) is 0 Å². The van der Waals surface area contributed by atoms with Crippen LogP contribution >= 0.6 is 0 Å². The van der Waals surface area contributed by atoms with Crippen molar-refractivity contribution in [2.75, 3.05) is 7.11 Å². The van der Waals surface area contributed by atoms with Gasteiger partial charge < -0.3 is 9.30 Å². The Morgan fingerprint density at radius 2 is 1.95 bits per heavy atom. The molecule has 0 unspecified atom stereocenters. The van der Waals surface area contributed by atoms with E-state index in [1.807, 2.05) is 0 Å². The van der Waals surface area contributed by atoms with E-state index in [1.54, 1.807) is 10.8 Å². The molecule has 0 aliphatic heterocycles. The third kappa shape index (κ3) is 3.84. The van der Waals surface area contributed by atoms with Crippen molar-refractivity contribution in [3.05, 3.63) is 53.6 Å². The van der Waals surface area contributed by atoms with Crippen LogP contribution in [0.2, 0.25) is 0 Å². The van der Waals surface area contributed by atoms with Crippen LogP contribution in [-0.4, -0.2) is 22.6 Å². The summed E-state index contributed by atoms with van der Waals surface area (Å²) in [4.78, 5) is 15.3. The normalized spacial score (nSPS) is 11.4. The van der Waals surface area contributed by atoms with Gasteiger partial charge in [-0.2, -0.15) is 13.2 Å². The van der Waals surface area contributed by atoms with Crippen LogP contribution in [0.5, 0.6) is 0 Å². The van der Waals surface area contributed by atoms with Crippen LogP contribution in [0, 0.1) is 0 Å². The van der Waals surface area contributed by atoms with E-state index in [4.69, 9.17) is 0 Å². The number of halogens is 3. The fourth-order valence-corrected chi connectivity index (χ4v) is 1.85. The summed E-state index contributed by atoms with van der Waals surface area (Å²) in [5, 5.41) is 0. The fraction of sp³-hybridized carbons (Fsp3) is 0.286. The zero-order chi connectivity index (χ0) is 15.5. The summed E-state index contributed by atoms with van der Waals surface area (Å²) < 4.78 is 43.6. The second kappa shape index (κ2) is 5.99. The lowest BCUT2D eigenvalue weighted by molar-refractivity contribution is -0.141. The van der Waals surface area contributed by atoms with E-state index in [0.717, 1.165) is 12.1 Å². The highest BCUT2D eigenvalue weighted by Gasteiger charge is 2.29. The van der Waals surface area contributed by atoms with Gasteiger partial charge in [0.15, 0.2) is 0 Å². The van der Waals surface area contributed by atoms with Gasteiger partial charge in [0.1, 0.15) is 12.4 Å². The van der Waals surface area contributed by atoms with Gasteiger partial charge >= 0.3 is 12.1 Å². The minimum absolute atomic E-state index is 0.0203. The van der Waals surface area contributed by atoms with Crippen molar-refractivity contribution in [2.45, 2.75) is 19.1 Å². The van der Waals surface area contributed by atoms with Crippen molar-refractivity contribution >= 4 is 5.97 Å². The number of rotatable bonds is 4. The van der Waals surface area contributed by atoms with E-state index in [9.17, 15) is 18.0 Å². The van der Waals surface area contributed by atoms with Gasteiger partial charge in [-0.25, -0.2) is 4.98 Å². The molecule has 0 radical (unpaired) electrons. The zero-order valence-corrected chi connectivity index (χ0v) is 11.2. The number of hydrogen-bond acceptors (Lipinski definition) is 3. The van der Waals surface area contributed by atoms with Crippen molar-refractivity contribution in [1.82, 2.24) is 9.55 Å². The van der Waals surface area contributed by atoms with E-state index in [1.165, 1.54) is 25.4 Å². The van der Waals surface area contributed by atoms with Gasteiger partial charge in [0, 0.05) is 18.8 Å². The molecule has 7 heteroatoms. The molecule has 1 heterocycles. The number of methoxy groups -OCH3 is 1. The van der Waals surface area contributed by atoms with Crippen LogP contribution in [-0.2, 0) is 28.7 Å². The van der Waals surface area contributed by atoms with Gasteiger partial charge in [-0.1, -0.05) is 12.1 Å². The summed E-state index contributed by atoms with van der Waals surface area (Å²) in [6.45, 7) is 0.0203. The predicted molar refractivity (Wildman–Crippen MR) is 68.5 cm³/mol. The van der Waals surface area contributed by atoms with Crippen LogP contribution < -0.4 is 0 Å². The number of benzene rings is 1. The van der Waals surface area contributed by atoms with E-state index in [0.29, 0.717) is 17.8 Å². The minimum atomic E-state index is -4.35. The molecule has 21 heavy (non-hydrogen) atoms. The number of carbonyl (C=O) groups is 1. The van der Waals surface area contributed by atoms with Gasteiger partial charge in [-0.05, 0) is 17.7 Å². The first-order valence-corrected chi connectivity index (χ1v) is 6.13. The smallest absolute Gasteiger partial charge is 0.416 e. The molecule has 4 nitrogen and oxygen atoms in total. The van der Waals surface area contributed by atoms with E-state index >= 15 is 0 Å². The first-order chi connectivity index (χ1) is 9.90. The standard InChI is InChI=1S/C14H13F3N2O2/c1-21-13(20)9-19-7-6-18-12(19)8-10-2-4-11(5-3-10)14(15,16)17/h2-7H,8-9H2,1H3. The monoisotopic (exact) mass is 298 g/mol. The van der Waals surface area contributed by atoms with Crippen LogP contribution in [0.15, 0.2) is 36.7 Å². The Balaban J connectivity index is 2.12. The molecule has 0 aliphatic rings. The number of carbonyl (C=O) groups excluding carboxylic acids is 1. The van der Waals surface area contributed by atoms with Gasteiger partial charge in [0.2, 0.25) is 0 Å². The largest absolute Gasteiger partial charge is 0.468 e. The highest BCUT2D eigenvalue weighted by molar-refractivity contribution is 5.69. The summed E-state index contributed by atoms with van der Waals surface area (Å²) in [5.41, 5.74) is -0.00975. The van der Waals surface area contributed by atoms with E-state index in [2.05, 4.69) is 9.72 Å². The van der Waals surface area contributed by atoms with E-state index in [-0.39, 0.29) is 6.54 Å². The molecule has 0 amide bonds. The van der Waals surface area contributed by atoms with Crippen LogP contribution in [0.1, 0.15) is 17.0 Å². The molecule has 0 atom stereocenters. The van der Waals surface area contributed by atoms with Gasteiger partial charge in [-0.15, -0.1) is 0 Å². The van der Waals surface area contributed by atoms with Crippen molar-refractivity contribution in [3.8, 4) is 0 Å². The summed E-state index contributed by atoms with van der Waals surface area (Å²) in [5.74, 6) is 0.168. The number of alkyl halides is 3. The summed E-state index contributed by atoms with van der Waals surface area (Å²) in [7, 11) is 1.29. The molecular weight excluding hydrogens is 285 g/mol. The average Bonchev–Trinajstić information content (AvgIpc) is 2.85. The Labute approximate surface area is 119 Å². The lowest BCUT2D eigenvalue weighted by Gasteiger charge is -2.09. The maximum Gasteiger partial charge on any atom is 0.416 e. The molecule has 0 bridgehead atoms. The Morgan fingerprint density at radius 3 is 2.52 bits per heavy atom. The Kier molecular flexibility index (Phi) is 4.30. The van der Waals surface area contributed by atoms with Gasteiger partial charge in [-0.3, -0.25) is 4.79 Å². The van der Waals surface area contributed by atoms with Crippen LogP contribution in [0.4, 0.5) is 13.2 Å². The fourth-order valence-electron chi connectivity index (χ4n) is 1.85. The van der Waals surface area contributed by atoms with Crippen molar-refractivity contribution in [2.24, 2.45) is 0 Å². The summed E-state index contributed by atoms with van der Waals surface area (Å²) in [6.07, 6.45) is -0.858. The molecule has 2 rings (SSSR count). The number of esters is 1. The van der Waals surface area contributed by atoms with Crippen molar-refractivity contribution < 1.29 is 22.7 Å². The highest BCUT2D eigenvalue weighted by Crippen LogP contribution is 2.29. The molecule has 0 aliphatic carbocycles. The van der Waals surface area contributed by atoms with Gasteiger partial charge in [0.25, 0.3) is 0 Å². The maximum atomic E-state index is 12.5. The molecule has 2 aromatic rings. The molecule has 1 aromatic carbocycles. The third-order valence-electron chi connectivity index (χ3n) is 2.97. The molecular formula is C14H13F3N2O2. The first-order valence-electron chi connectivity index (χ1n) is 6.13. The SMILES string of the molecule is COC(=O)Cn1ccnc1Cc1ccc(C(F)(F)F)cc1. The molecule has 0 saturated heterocycles. The topological polar surface area (TPSA) is 44.1 Å². The number of aromatic nitrogens is 2. The number of ether oxygens (including phenoxy) is 1. The molecule has 112 valence electrons. The first kappa shape index (κ1) is 15.1. The third-order valence-corrected chi connectivity index (χ3v) is 2.97. The minimum Gasteiger partial charge on any atom is -0.468 e. The Morgan fingerprint density at radius 1 is 1.29 bits per heavy atom. The average molecular weight is 298 g/mol. The molecule has 0 saturated carbocycles. The molecule has 1 aromatic heterocycles. The second-order valence-electron chi connectivity index (χ2n) is 4.42. The highest BCUT2D eigenvalue weighted by atomic mass is 19.4. The lowest BCUT2D eigenvalue weighted by Crippen LogP contribution is -2.13. The summed E-state index contributed by atoms with van der Waals surface area (Å²) in [6, 6.07) is 4.87. The van der Waals surface area contributed by atoms with E-state index < -0.39 is 17.7 Å². The number of nitrogens with zero attached hydrogens (tertiary/aromatic N) is 2. The van der Waals surface area contributed by atoms with Crippen LogP contribution in [0.25, 0.3) is 0 Å². The quantitative estimate of drug-likeness (QED) is 0.815. The predicted octanol–water partition coefficient (Wildman–Crippen LogP) is 2.67. The number of hydrogen-bond donors (Lipinski definition) is 0. The molecule has 0 spiro atoms. The molecule has 0 N–H and O–H groups in total. The van der Waals surface area contributed by atoms with Gasteiger partial charge in [0.05, 0.1) is 12.7 Å². The van der Waals surface area contributed by atoms with Crippen LogP contribution in [0.3, 0.4) is 0 Å². The Bertz CT molecular complexity index is 618. The maximum absolute atomic E-state index is 12.5. The zero-order valence-electron chi connectivity index (χ0n) is 11.2.